The molecule has 1 aromatic rings. The van der Waals surface area contributed by atoms with Gasteiger partial charge in [0.25, 0.3) is 5.91 Å². The van der Waals surface area contributed by atoms with Crippen LogP contribution in [-0.4, -0.2) is 55.5 Å². The lowest BCUT2D eigenvalue weighted by Gasteiger charge is -2.34. The summed E-state index contributed by atoms with van der Waals surface area (Å²) in [5.41, 5.74) is 5.05. The highest BCUT2D eigenvalue weighted by molar-refractivity contribution is 7.89. The summed E-state index contributed by atoms with van der Waals surface area (Å²) >= 11 is 0. The maximum Gasteiger partial charge on any atom is 0.254 e. The Hall–Kier alpha value is -1.40. The summed E-state index contributed by atoms with van der Waals surface area (Å²) in [6, 6.07) is 2.11. The van der Waals surface area contributed by atoms with Crippen LogP contribution >= 0.6 is 0 Å². The van der Waals surface area contributed by atoms with Gasteiger partial charge in [-0.05, 0) is 56.4 Å². The number of nitrogens with zero attached hydrogens (tertiary/aromatic N) is 2. The van der Waals surface area contributed by atoms with Crippen LogP contribution in [0.2, 0.25) is 0 Å². The zero-order chi connectivity index (χ0) is 18.8. The molecule has 0 saturated carbocycles. The normalized spacial score (nSPS) is 16.3. The number of sulfonamides is 1. The number of piperazine rings is 1. The summed E-state index contributed by atoms with van der Waals surface area (Å²) in [5.74, 6) is 0.222. The van der Waals surface area contributed by atoms with Gasteiger partial charge < -0.3 is 4.90 Å². The van der Waals surface area contributed by atoms with Crippen LogP contribution in [0.15, 0.2) is 6.07 Å². The molecule has 1 aliphatic heterocycles. The Balaban J connectivity index is 2.13. The SMILES string of the molecule is CCCCS(=O)(=O)N1CCN(C(=O)c2c(C)c(C)cc(C)c2C)CC1. The number of amides is 1. The number of benzene rings is 1. The maximum atomic E-state index is 13.0. The molecule has 0 aromatic heterocycles. The summed E-state index contributed by atoms with van der Waals surface area (Å²) in [4.78, 5) is 14.8. The van der Waals surface area contributed by atoms with Crippen molar-refractivity contribution in [3.05, 3.63) is 33.9 Å². The van der Waals surface area contributed by atoms with Crippen molar-refractivity contribution >= 4 is 15.9 Å². The van der Waals surface area contributed by atoms with Gasteiger partial charge in [-0.1, -0.05) is 19.4 Å². The summed E-state index contributed by atoms with van der Waals surface area (Å²) in [6.07, 6.45) is 1.55. The second-order valence-corrected chi connectivity index (χ2v) is 9.08. The van der Waals surface area contributed by atoms with E-state index in [-0.39, 0.29) is 11.7 Å². The molecule has 0 radical (unpaired) electrons. The van der Waals surface area contributed by atoms with Crippen molar-refractivity contribution in [2.24, 2.45) is 0 Å². The highest BCUT2D eigenvalue weighted by Crippen LogP contribution is 2.24. The molecular weight excluding hydrogens is 336 g/mol. The number of aryl methyl sites for hydroxylation is 2. The van der Waals surface area contributed by atoms with E-state index in [1.807, 2.05) is 34.6 Å². The summed E-state index contributed by atoms with van der Waals surface area (Å²) in [5, 5.41) is 0. The standard InChI is InChI=1S/C19H30N2O3S/c1-6-7-12-25(23,24)21-10-8-20(9-11-21)19(22)18-16(4)14(2)13-15(3)17(18)5/h13H,6-12H2,1-5H3. The molecule has 6 heteroatoms. The molecule has 1 aliphatic rings. The van der Waals surface area contributed by atoms with Gasteiger partial charge in [0.1, 0.15) is 0 Å². The molecule has 0 unspecified atom stereocenters. The molecule has 1 heterocycles. The van der Waals surface area contributed by atoms with Gasteiger partial charge in [-0.2, -0.15) is 4.31 Å². The van der Waals surface area contributed by atoms with E-state index in [9.17, 15) is 13.2 Å². The summed E-state index contributed by atoms with van der Waals surface area (Å²) < 4.78 is 26.2. The topological polar surface area (TPSA) is 57.7 Å². The number of carbonyl (C=O) groups excluding carboxylic acids is 1. The van der Waals surface area contributed by atoms with Crippen molar-refractivity contribution in [2.45, 2.75) is 47.5 Å². The Morgan fingerprint density at radius 3 is 2.00 bits per heavy atom. The van der Waals surface area contributed by atoms with Gasteiger partial charge in [-0.15, -0.1) is 0 Å². The van der Waals surface area contributed by atoms with E-state index in [1.54, 1.807) is 4.90 Å². The van der Waals surface area contributed by atoms with Crippen molar-refractivity contribution in [1.29, 1.82) is 0 Å². The molecule has 0 atom stereocenters. The maximum absolute atomic E-state index is 13.0. The number of hydrogen-bond donors (Lipinski definition) is 0. The lowest BCUT2D eigenvalue weighted by atomic mass is 9.93. The molecule has 0 aliphatic carbocycles. The Kier molecular flexibility index (Phi) is 6.27. The smallest absolute Gasteiger partial charge is 0.254 e. The minimum atomic E-state index is -3.19. The molecular formula is C19H30N2O3S. The molecule has 0 bridgehead atoms. The Morgan fingerprint density at radius 1 is 1.00 bits per heavy atom. The van der Waals surface area contributed by atoms with E-state index < -0.39 is 10.0 Å². The fourth-order valence-corrected chi connectivity index (χ4v) is 4.95. The van der Waals surface area contributed by atoms with E-state index >= 15 is 0 Å². The van der Waals surface area contributed by atoms with Crippen LogP contribution in [0.25, 0.3) is 0 Å². The molecule has 5 nitrogen and oxygen atoms in total. The first-order valence-electron chi connectivity index (χ1n) is 9.03. The summed E-state index contributed by atoms with van der Waals surface area (Å²) in [7, 11) is -3.19. The van der Waals surface area contributed by atoms with Crippen molar-refractivity contribution < 1.29 is 13.2 Å². The zero-order valence-electron chi connectivity index (χ0n) is 16.1. The number of carbonyl (C=O) groups is 1. The van der Waals surface area contributed by atoms with Crippen LogP contribution in [0.3, 0.4) is 0 Å². The highest BCUT2D eigenvalue weighted by Gasteiger charge is 2.30. The average molecular weight is 367 g/mol. The van der Waals surface area contributed by atoms with Crippen LogP contribution in [-0.2, 0) is 10.0 Å². The average Bonchev–Trinajstić information content (AvgIpc) is 2.58. The van der Waals surface area contributed by atoms with Crippen molar-refractivity contribution in [3.8, 4) is 0 Å². The lowest BCUT2D eigenvalue weighted by Crippen LogP contribution is -2.51. The fraction of sp³-hybridized carbons (Fsp3) is 0.632. The van der Waals surface area contributed by atoms with Gasteiger partial charge in [0.15, 0.2) is 0 Å². The van der Waals surface area contributed by atoms with Gasteiger partial charge in [0.2, 0.25) is 10.0 Å². The summed E-state index contributed by atoms with van der Waals surface area (Å²) in [6.45, 7) is 11.7. The molecule has 1 amide bonds. The Labute approximate surface area is 152 Å². The lowest BCUT2D eigenvalue weighted by molar-refractivity contribution is 0.0696. The number of unbranched alkanes of at least 4 members (excludes halogenated alkanes) is 1. The Bertz CT molecular complexity index is 722. The van der Waals surface area contributed by atoms with E-state index in [4.69, 9.17) is 0 Å². The van der Waals surface area contributed by atoms with Crippen LogP contribution in [0.4, 0.5) is 0 Å². The van der Waals surface area contributed by atoms with Crippen molar-refractivity contribution in [1.82, 2.24) is 9.21 Å². The highest BCUT2D eigenvalue weighted by atomic mass is 32.2. The van der Waals surface area contributed by atoms with Gasteiger partial charge in [0, 0.05) is 31.7 Å². The number of hydrogen-bond acceptors (Lipinski definition) is 3. The largest absolute Gasteiger partial charge is 0.336 e. The fourth-order valence-electron chi connectivity index (χ4n) is 3.32. The predicted octanol–water partition coefficient (Wildman–Crippen LogP) is 2.81. The minimum absolute atomic E-state index is 0.0207. The van der Waals surface area contributed by atoms with Crippen molar-refractivity contribution in [3.63, 3.8) is 0 Å². The molecule has 1 aromatic carbocycles. The first-order chi connectivity index (χ1) is 11.7. The van der Waals surface area contributed by atoms with Gasteiger partial charge in [0.05, 0.1) is 5.75 Å². The minimum Gasteiger partial charge on any atom is -0.336 e. The molecule has 2 rings (SSSR count). The molecule has 0 spiro atoms. The van der Waals surface area contributed by atoms with Crippen molar-refractivity contribution in [2.75, 3.05) is 31.9 Å². The van der Waals surface area contributed by atoms with E-state index in [0.717, 1.165) is 34.2 Å². The monoisotopic (exact) mass is 366 g/mol. The quantitative estimate of drug-likeness (QED) is 0.805. The van der Waals surface area contributed by atoms with Gasteiger partial charge >= 0.3 is 0 Å². The second-order valence-electron chi connectivity index (χ2n) is 7.00. The molecule has 1 saturated heterocycles. The second kappa shape index (κ2) is 7.87. The third-order valence-electron chi connectivity index (χ3n) is 5.25. The molecule has 25 heavy (non-hydrogen) atoms. The Morgan fingerprint density at radius 2 is 1.52 bits per heavy atom. The molecule has 140 valence electrons. The van der Waals surface area contributed by atoms with Gasteiger partial charge in [-0.3, -0.25) is 4.79 Å². The van der Waals surface area contributed by atoms with E-state index in [0.29, 0.717) is 32.6 Å². The first-order valence-corrected chi connectivity index (χ1v) is 10.6. The van der Waals surface area contributed by atoms with Crippen LogP contribution < -0.4 is 0 Å². The third-order valence-corrected chi connectivity index (χ3v) is 7.21. The van der Waals surface area contributed by atoms with E-state index in [2.05, 4.69) is 6.07 Å². The van der Waals surface area contributed by atoms with Crippen LogP contribution in [0.1, 0.15) is 52.4 Å². The number of rotatable bonds is 5. The zero-order valence-corrected chi connectivity index (χ0v) is 16.9. The van der Waals surface area contributed by atoms with Gasteiger partial charge in [-0.25, -0.2) is 8.42 Å². The molecule has 0 N–H and O–H groups in total. The van der Waals surface area contributed by atoms with Crippen LogP contribution in [0.5, 0.6) is 0 Å². The predicted molar refractivity (Wildman–Crippen MR) is 102 cm³/mol. The van der Waals surface area contributed by atoms with E-state index in [1.165, 1.54) is 4.31 Å². The molecule has 1 fully saturated rings. The first kappa shape index (κ1) is 19.9. The van der Waals surface area contributed by atoms with Crippen LogP contribution in [0, 0.1) is 27.7 Å². The third kappa shape index (κ3) is 4.23.